The SMILES string of the molecule is Brc1ccc2ccn(CC3CC4(CNC4)C3)c2n1. The molecule has 4 rings (SSSR count). The van der Waals surface area contributed by atoms with Crippen LogP contribution in [0.3, 0.4) is 0 Å². The highest BCUT2D eigenvalue weighted by molar-refractivity contribution is 9.10. The van der Waals surface area contributed by atoms with E-state index in [1.54, 1.807) is 0 Å². The molecule has 1 N–H and O–H groups in total. The van der Waals surface area contributed by atoms with E-state index in [1.165, 1.54) is 31.3 Å². The highest BCUT2D eigenvalue weighted by Gasteiger charge is 2.48. The van der Waals surface area contributed by atoms with Gasteiger partial charge in [0.25, 0.3) is 0 Å². The smallest absolute Gasteiger partial charge is 0.141 e. The molecule has 94 valence electrons. The lowest BCUT2D eigenvalue weighted by Crippen LogP contribution is -2.60. The average Bonchev–Trinajstić information content (AvgIpc) is 2.63. The van der Waals surface area contributed by atoms with E-state index in [4.69, 9.17) is 0 Å². The standard InChI is InChI=1S/C14H16BrN3/c15-12-2-1-11-3-4-18(13(11)17-12)7-10-5-14(6-10)8-16-9-14/h1-4,10,16H,5-9H2. The Bertz CT molecular complexity index is 592. The first-order valence-corrected chi connectivity index (χ1v) is 7.36. The van der Waals surface area contributed by atoms with Crippen molar-refractivity contribution >= 4 is 27.0 Å². The quantitative estimate of drug-likeness (QED) is 0.865. The lowest BCUT2D eigenvalue weighted by atomic mass is 9.58. The molecule has 0 bridgehead atoms. The van der Waals surface area contributed by atoms with Crippen LogP contribution >= 0.6 is 15.9 Å². The second kappa shape index (κ2) is 3.81. The Labute approximate surface area is 115 Å². The number of nitrogens with zero attached hydrogens (tertiary/aromatic N) is 2. The zero-order valence-corrected chi connectivity index (χ0v) is 11.8. The molecule has 0 aromatic carbocycles. The molecule has 3 heterocycles. The maximum Gasteiger partial charge on any atom is 0.141 e. The van der Waals surface area contributed by atoms with Crippen LogP contribution < -0.4 is 5.32 Å². The van der Waals surface area contributed by atoms with Crippen molar-refractivity contribution in [3.8, 4) is 0 Å². The summed E-state index contributed by atoms with van der Waals surface area (Å²) in [6, 6.07) is 6.29. The van der Waals surface area contributed by atoms with Gasteiger partial charge in [0.15, 0.2) is 0 Å². The van der Waals surface area contributed by atoms with E-state index in [2.05, 4.69) is 49.1 Å². The summed E-state index contributed by atoms with van der Waals surface area (Å²) in [6.45, 7) is 3.59. The summed E-state index contributed by atoms with van der Waals surface area (Å²) in [5.41, 5.74) is 1.78. The molecule has 18 heavy (non-hydrogen) atoms. The van der Waals surface area contributed by atoms with Crippen LogP contribution in [-0.4, -0.2) is 22.6 Å². The van der Waals surface area contributed by atoms with Gasteiger partial charge in [0.05, 0.1) is 0 Å². The first-order chi connectivity index (χ1) is 8.74. The molecule has 2 aliphatic rings. The van der Waals surface area contributed by atoms with Crippen molar-refractivity contribution in [2.45, 2.75) is 19.4 Å². The van der Waals surface area contributed by atoms with Crippen LogP contribution in [0.25, 0.3) is 11.0 Å². The van der Waals surface area contributed by atoms with Crippen molar-refractivity contribution in [1.82, 2.24) is 14.9 Å². The summed E-state index contributed by atoms with van der Waals surface area (Å²) in [7, 11) is 0. The Morgan fingerprint density at radius 3 is 2.89 bits per heavy atom. The fourth-order valence-electron chi connectivity index (χ4n) is 3.52. The zero-order chi connectivity index (χ0) is 12.2. The third-order valence-electron chi connectivity index (χ3n) is 4.48. The van der Waals surface area contributed by atoms with Crippen molar-refractivity contribution in [2.24, 2.45) is 11.3 Å². The summed E-state index contributed by atoms with van der Waals surface area (Å²) in [5.74, 6) is 0.837. The first kappa shape index (κ1) is 11.0. The van der Waals surface area contributed by atoms with Gasteiger partial charge in [0.1, 0.15) is 10.3 Å². The number of aromatic nitrogens is 2. The van der Waals surface area contributed by atoms with Crippen molar-refractivity contribution in [2.75, 3.05) is 13.1 Å². The second-order valence-corrected chi connectivity index (χ2v) is 6.71. The number of pyridine rings is 1. The minimum atomic E-state index is 0.668. The van der Waals surface area contributed by atoms with Gasteiger partial charge in [-0.1, -0.05) is 0 Å². The highest BCUT2D eigenvalue weighted by Crippen LogP contribution is 2.49. The zero-order valence-electron chi connectivity index (χ0n) is 10.2. The fourth-order valence-corrected chi connectivity index (χ4v) is 3.82. The Morgan fingerprint density at radius 2 is 2.17 bits per heavy atom. The number of hydrogen-bond donors (Lipinski definition) is 1. The summed E-state index contributed by atoms with van der Waals surface area (Å²) >= 11 is 3.45. The minimum absolute atomic E-state index is 0.668. The Morgan fingerprint density at radius 1 is 1.33 bits per heavy atom. The van der Waals surface area contributed by atoms with Crippen LogP contribution in [0.5, 0.6) is 0 Å². The van der Waals surface area contributed by atoms with Crippen LogP contribution in [0.2, 0.25) is 0 Å². The lowest BCUT2D eigenvalue weighted by molar-refractivity contribution is -0.00666. The van der Waals surface area contributed by atoms with Gasteiger partial charge in [0.2, 0.25) is 0 Å². The molecular formula is C14H16BrN3. The van der Waals surface area contributed by atoms with Gasteiger partial charge in [-0.3, -0.25) is 0 Å². The van der Waals surface area contributed by atoms with Crippen LogP contribution in [0.4, 0.5) is 0 Å². The van der Waals surface area contributed by atoms with E-state index in [0.29, 0.717) is 5.41 Å². The third-order valence-corrected chi connectivity index (χ3v) is 4.92. The normalized spacial score (nSPS) is 22.1. The van der Waals surface area contributed by atoms with E-state index >= 15 is 0 Å². The van der Waals surface area contributed by atoms with E-state index in [-0.39, 0.29) is 0 Å². The van der Waals surface area contributed by atoms with Crippen molar-refractivity contribution < 1.29 is 0 Å². The highest BCUT2D eigenvalue weighted by atomic mass is 79.9. The van der Waals surface area contributed by atoms with E-state index in [1.807, 2.05) is 6.07 Å². The predicted molar refractivity (Wildman–Crippen MR) is 75.5 cm³/mol. The molecule has 1 aliphatic carbocycles. The van der Waals surface area contributed by atoms with Gasteiger partial charge in [0, 0.05) is 31.2 Å². The number of rotatable bonds is 2. The van der Waals surface area contributed by atoms with Crippen LogP contribution in [0.15, 0.2) is 29.0 Å². The molecule has 1 saturated heterocycles. The summed E-state index contributed by atoms with van der Waals surface area (Å²) in [4.78, 5) is 4.58. The minimum Gasteiger partial charge on any atom is -0.332 e. The summed E-state index contributed by atoms with van der Waals surface area (Å²) in [5, 5.41) is 4.63. The van der Waals surface area contributed by atoms with Crippen molar-refractivity contribution in [3.63, 3.8) is 0 Å². The molecule has 0 radical (unpaired) electrons. The van der Waals surface area contributed by atoms with E-state index in [9.17, 15) is 0 Å². The van der Waals surface area contributed by atoms with Gasteiger partial charge in [-0.25, -0.2) is 4.98 Å². The Balaban J connectivity index is 1.54. The molecular weight excluding hydrogens is 290 g/mol. The average molecular weight is 306 g/mol. The Hall–Kier alpha value is -0.870. The van der Waals surface area contributed by atoms with Crippen LogP contribution in [-0.2, 0) is 6.54 Å². The number of nitrogens with one attached hydrogen (secondary N) is 1. The second-order valence-electron chi connectivity index (χ2n) is 5.89. The first-order valence-electron chi connectivity index (χ1n) is 6.56. The predicted octanol–water partition coefficient (Wildman–Crippen LogP) is 2.80. The summed E-state index contributed by atoms with van der Waals surface area (Å²) < 4.78 is 3.23. The largest absolute Gasteiger partial charge is 0.332 e. The van der Waals surface area contributed by atoms with Crippen molar-refractivity contribution in [3.05, 3.63) is 29.0 Å². The Kier molecular flexibility index (Phi) is 2.33. The molecule has 4 heteroatoms. The molecule has 0 amide bonds. The molecule has 0 atom stereocenters. The fraction of sp³-hybridized carbons (Fsp3) is 0.500. The topological polar surface area (TPSA) is 29.9 Å². The van der Waals surface area contributed by atoms with Gasteiger partial charge < -0.3 is 9.88 Å². The molecule has 1 saturated carbocycles. The molecule has 1 aliphatic heterocycles. The number of hydrogen-bond acceptors (Lipinski definition) is 2. The van der Waals surface area contributed by atoms with Gasteiger partial charge in [-0.15, -0.1) is 0 Å². The maximum absolute atomic E-state index is 4.58. The number of fused-ring (bicyclic) bond motifs is 1. The molecule has 2 aromatic rings. The van der Waals surface area contributed by atoms with E-state index in [0.717, 1.165) is 22.7 Å². The molecule has 0 unspecified atom stereocenters. The maximum atomic E-state index is 4.58. The van der Waals surface area contributed by atoms with Gasteiger partial charge in [-0.2, -0.15) is 0 Å². The monoisotopic (exact) mass is 305 g/mol. The van der Waals surface area contributed by atoms with E-state index < -0.39 is 0 Å². The molecule has 2 fully saturated rings. The third kappa shape index (κ3) is 1.62. The number of halogens is 1. The van der Waals surface area contributed by atoms with Gasteiger partial charge in [-0.05, 0) is 58.3 Å². The van der Waals surface area contributed by atoms with Crippen molar-refractivity contribution in [1.29, 1.82) is 0 Å². The van der Waals surface area contributed by atoms with Crippen LogP contribution in [0.1, 0.15) is 12.8 Å². The lowest BCUT2D eigenvalue weighted by Gasteiger charge is -2.54. The summed E-state index contributed by atoms with van der Waals surface area (Å²) in [6.07, 6.45) is 4.94. The molecule has 2 aromatic heterocycles. The molecule has 1 spiro atoms. The molecule has 3 nitrogen and oxygen atoms in total. The van der Waals surface area contributed by atoms with Crippen LogP contribution in [0, 0.1) is 11.3 Å². The van der Waals surface area contributed by atoms with Gasteiger partial charge >= 0.3 is 0 Å².